The number of carbonyl (C=O) groups is 3. The standard InChI is InChI=1S/C29H36ClN3O3/c1-21-16-22(2)18-24(17-21)19-27(35)33-15-11-29(33,3)28(36)32(20-23-7-9-25(30)10-8-23)14-5-13-31-12-4-6-26(31)34/h7-10,16-18H,4-6,11-15,19-20H2,1-3H3. The second kappa shape index (κ2) is 11.0. The van der Waals surface area contributed by atoms with E-state index in [1.54, 1.807) is 4.90 Å². The highest BCUT2D eigenvalue weighted by Gasteiger charge is 2.50. The second-order valence-corrected chi connectivity index (χ2v) is 10.9. The molecule has 2 aromatic rings. The predicted octanol–water partition coefficient (Wildman–Crippen LogP) is 4.53. The first-order valence-corrected chi connectivity index (χ1v) is 13.2. The summed E-state index contributed by atoms with van der Waals surface area (Å²) < 4.78 is 0. The molecule has 2 heterocycles. The van der Waals surface area contributed by atoms with Crippen molar-refractivity contribution in [2.24, 2.45) is 0 Å². The Morgan fingerprint density at radius 3 is 2.31 bits per heavy atom. The lowest BCUT2D eigenvalue weighted by Gasteiger charge is -2.51. The van der Waals surface area contributed by atoms with Gasteiger partial charge in [-0.25, -0.2) is 0 Å². The van der Waals surface area contributed by atoms with E-state index in [0.29, 0.717) is 56.9 Å². The molecule has 0 aromatic heterocycles. The van der Waals surface area contributed by atoms with Gasteiger partial charge in [-0.3, -0.25) is 14.4 Å². The Kier molecular flexibility index (Phi) is 8.04. The van der Waals surface area contributed by atoms with Crippen LogP contribution >= 0.6 is 11.6 Å². The van der Waals surface area contributed by atoms with Crippen molar-refractivity contribution < 1.29 is 14.4 Å². The SMILES string of the molecule is Cc1cc(C)cc(CC(=O)N2CCC2(C)C(=O)N(CCCN2CCCC2=O)Cc2ccc(Cl)cc2)c1. The van der Waals surface area contributed by atoms with Crippen LogP contribution in [0.3, 0.4) is 0 Å². The van der Waals surface area contributed by atoms with E-state index in [4.69, 9.17) is 11.6 Å². The van der Waals surface area contributed by atoms with Crippen LogP contribution < -0.4 is 0 Å². The fourth-order valence-corrected chi connectivity index (χ4v) is 5.54. The molecular weight excluding hydrogens is 474 g/mol. The largest absolute Gasteiger partial charge is 0.343 e. The van der Waals surface area contributed by atoms with E-state index >= 15 is 0 Å². The van der Waals surface area contributed by atoms with Gasteiger partial charge < -0.3 is 14.7 Å². The molecule has 0 bridgehead atoms. The van der Waals surface area contributed by atoms with E-state index in [1.165, 1.54) is 0 Å². The molecule has 7 heteroatoms. The molecule has 3 amide bonds. The van der Waals surface area contributed by atoms with Gasteiger partial charge in [0.2, 0.25) is 17.7 Å². The second-order valence-electron chi connectivity index (χ2n) is 10.4. The van der Waals surface area contributed by atoms with Crippen molar-refractivity contribution in [1.29, 1.82) is 0 Å². The van der Waals surface area contributed by atoms with E-state index in [1.807, 2.05) is 67.0 Å². The highest BCUT2D eigenvalue weighted by atomic mass is 35.5. The van der Waals surface area contributed by atoms with Crippen molar-refractivity contribution in [1.82, 2.24) is 14.7 Å². The molecule has 2 saturated heterocycles. The number of hydrogen-bond acceptors (Lipinski definition) is 3. The third kappa shape index (κ3) is 5.92. The zero-order valence-electron chi connectivity index (χ0n) is 21.6. The van der Waals surface area contributed by atoms with Gasteiger partial charge in [-0.1, -0.05) is 53.1 Å². The quantitative estimate of drug-likeness (QED) is 0.499. The van der Waals surface area contributed by atoms with Crippen LogP contribution in [0.15, 0.2) is 42.5 Å². The minimum atomic E-state index is -0.855. The normalized spacial score (nSPS) is 19.4. The van der Waals surface area contributed by atoms with Crippen LogP contribution in [0, 0.1) is 13.8 Å². The lowest BCUT2D eigenvalue weighted by Crippen LogP contribution is -2.68. The number of likely N-dealkylation sites (tertiary alicyclic amines) is 2. The predicted molar refractivity (Wildman–Crippen MR) is 142 cm³/mol. The fraction of sp³-hybridized carbons (Fsp3) is 0.483. The van der Waals surface area contributed by atoms with Gasteiger partial charge in [0.25, 0.3) is 0 Å². The summed E-state index contributed by atoms with van der Waals surface area (Å²) in [6.07, 6.45) is 3.16. The number of rotatable bonds is 9. The summed E-state index contributed by atoms with van der Waals surface area (Å²) in [5, 5.41) is 0.651. The van der Waals surface area contributed by atoms with Crippen LogP contribution in [0.25, 0.3) is 0 Å². The van der Waals surface area contributed by atoms with Crippen molar-refractivity contribution in [2.75, 3.05) is 26.2 Å². The number of benzene rings is 2. The maximum absolute atomic E-state index is 13.9. The van der Waals surface area contributed by atoms with Crippen LogP contribution in [0.2, 0.25) is 5.02 Å². The molecule has 36 heavy (non-hydrogen) atoms. The third-order valence-electron chi connectivity index (χ3n) is 7.42. The Morgan fingerprint density at radius 2 is 1.72 bits per heavy atom. The number of nitrogens with zero attached hydrogens (tertiary/aromatic N) is 3. The zero-order valence-corrected chi connectivity index (χ0v) is 22.3. The molecule has 0 spiro atoms. The van der Waals surface area contributed by atoms with Gasteiger partial charge in [0.15, 0.2) is 0 Å². The Bertz CT molecular complexity index is 1110. The molecule has 1 unspecified atom stereocenters. The molecule has 0 aliphatic carbocycles. The van der Waals surface area contributed by atoms with Crippen molar-refractivity contribution in [3.05, 3.63) is 69.7 Å². The first-order chi connectivity index (χ1) is 17.2. The molecule has 2 aliphatic rings. The molecule has 6 nitrogen and oxygen atoms in total. The minimum absolute atomic E-state index is 0.0174. The molecule has 2 aromatic carbocycles. The van der Waals surface area contributed by atoms with E-state index < -0.39 is 5.54 Å². The number of aryl methyl sites for hydroxylation is 2. The average Bonchev–Trinajstić information content (AvgIpc) is 3.21. The van der Waals surface area contributed by atoms with Gasteiger partial charge in [0, 0.05) is 44.2 Å². The maximum atomic E-state index is 13.9. The Morgan fingerprint density at radius 1 is 1.03 bits per heavy atom. The minimum Gasteiger partial charge on any atom is -0.343 e. The van der Waals surface area contributed by atoms with Crippen LogP contribution in [-0.2, 0) is 27.3 Å². The average molecular weight is 510 g/mol. The monoisotopic (exact) mass is 509 g/mol. The molecule has 4 rings (SSSR count). The lowest BCUT2D eigenvalue weighted by molar-refractivity contribution is -0.164. The zero-order chi connectivity index (χ0) is 25.9. The number of amides is 3. The van der Waals surface area contributed by atoms with E-state index in [-0.39, 0.29) is 17.7 Å². The van der Waals surface area contributed by atoms with Crippen LogP contribution in [0.4, 0.5) is 0 Å². The van der Waals surface area contributed by atoms with Crippen molar-refractivity contribution >= 4 is 29.3 Å². The summed E-state index contributed by atoms with van der Waals surface area (Å²) in [7, 11) is 0. The van der Waals surface area contributed by atoms with Gasteiger partial charge in [-0.2, -0.15) is 0 Å². The smallest absolute Gasteiger partial charge is 0.248 e. The van der Waals surface area contributed by atoms with Crippen LogP contribution in [0.5, 0.6) is 0 Å². The maximum Gasteiger partial charge on any atom is 0.248 e. The van der Waals surface area contributed by atoms with Crippen molar-refractivity contribution in [3.8, 4) is 0 Å². The van der Waals surface area contributed by atoms with Crippen molar-refractivity contribution in [3.63, 3.8) is 0 Å². The first kappa shape index (κ1) is 26.2. The molecule has 1 atom stereocenters. The van der Waals surface area contributed by atoms with Gasteiger partial charge in [0.05, 0.1) is 6.42 Å². The van der Waals surface area contributed by atoms with Crippen LogP contribution in [0.1, 0.15) is 54.9 Å². The van der Waals surface area contributed by atoms with E-state index in [9.17, 15) is 14.4 Å². The summed E-state index contributed by atoms with van der Waals surface area (Å²) in [6.45, 7) is 8.95. The molecule has 2 fully saturated rings. The lowest BCUT2D eigenvalue weighted by atomic mass is 9.84. The number of carbonyl (C=O) groups excluding carboxylic acids is 3. The Balaban J connectivity index is 1.46. The fourth-order valence-electron chi connectivity index (χ4n) is 5.42. The van der Waals surface area contributed by atoms with Gasteiger partial charge in [-0.05, 0) is 63.3 Å². The molecule has 0 saturated carbocycles. The van der Waals surface area contributed by atoms with Crippen LogP contribution in [-0.4, -0.2) is 64.1 Å². The third-order valence-corrected chi connectivity index (χ3v) is 7.67. The van der Waals surface area contributed by atoms with Crippen molar-refractivity contribution in [2.45, 2.75) is 65.0 Å². The molecular formula is C29H36ClN3O3. The highest BCUT2D eigenvalue weighted by Crippen LogP contribution is 2.34. The summed E-state index contributed by atoms with van der Waals surface area (Å²) >= 11 is 6.06. The highest BCUT2D eigenvalue weighted by molar-refractivity contribution is 6.30. The number of halogens is 1. The summed E-state index contributed by atoms with van der Waals surface area (Å²) in [5.74, 6) is 0.140. The Labute approximate surface area is 219 Å². The molecule has 192 valence electrons. The summed E-state index contributed by atoms with van der Waals surface area (Å²) in [6, 6.07) is 13.7. The van der Waals surface area contributed by atoms with E-state index in [2.05, 4.69) is 6.07 Å². The molecule has 0 N–H and O–H groups in total. The Hall–Kier alpha value is -2.86. The number of hydrogen-bond donors (Lipinski definition) is 0. The molecule has 0 radical (unpaired) electrons. The molecule has 2 aliphatic heterocycles. The van der Waals surface area contributed by atoms with Gasteiger partial charge in [-0.15, -0.1) is 0 Å². The van der Waals surface area contributed by atoms with Gasteiger partial charge >= 0.3 is 0 Å². The summed E-state index contributed by atoms with van der Waals surface area (Å²) in [4.78, 5) is 44.7. The topological polar surface area (TPSA) is 60.9 Å². The summed E-state index contributed by atoms with van der Waals surface area (Å²) in [5.41, 5.74) is 3.37. The first-order valence-electron chi connectivity index (χ1n) is 12.8. The van der Waals surface area contributed by atoms with Gasteiger partial charge in [0.1, 0.15) is 5.54 Å². The van der Waals surface area contributed by atoms with E-state index in [0.717, 1.165) is 35.2 Å².